The maximum atomic E-state index is 5.94. The number of ether oxygens (including phenoxy) is 1. The minimum atomic E-state index is -0.115. The Hall–Kier alpha value is -2.40. The van der Waals surface area contributed by atoms with E-state index in [-0.39, 0.29) is 5.92 Å². The van der Waals surface area contributed by atoms with E-state index >= 15 is 0 Å². The van der Waals surface area contributed by atoms with E-state index in [9.17, 15) is 0 Å². The Morgan fingerprint density at radius 1 is 1.23 bits per heavy atom. The molecule has 0 aliphatic heterocycles. The fourth-order valence-electron chi connectivity index (χ4n) is 2.47. The van der Waals surface area contributed by atoms with E-state index in [1.54, 1.807) is 7.11 Å². The fraction of sp³-hybridized carbons (Fsp3) is 0.176. The van der Waals surface area contributed by atoms with Gasteiger partial charge in [0.25, 0.3) is 0 Å². The van der Waals surface area contributed by atoms with Crippen LogP contribution >= 0.6 is 12.2 Å². The summed E-state index contributed by atoms with van der Waals surface area (Å²) in [6, 6.07) is 15.8. The summed E-state index contributed by atoms with van der Waals surface area (Å²) in [6.45, 7) is 0. The smallest absolute Gasteiger partial charge is 0.118 e. The van der Waals surface area contributed by atoms with Crippen LogP contribution in [-0.4, -0.2) is 22.1 Å². The molecule has 1 heterocycles. The summed E-state index contributed by atoms with van der Waals surface area (Å²) in [5.74, 6) is 1.53. The molecule has 2 aromatic carbocycles. The van der Waals surface area contributed by atoms with Gasteiger partial charge >= 0.3 is 0 Å². The van der Waals surface area contributed by atoms with Gasteiger partial charge in [0.2, 0.25) is 0 Å². The molecule has 1 atom stereocenters. The van der Waals surface area contributed by atoms with Crippen LogP contribution < -0.4 is 10.5 Å². The van der Waals surface area contributed by atoms with Crippen LogP contribution in [0.4, 0.5) is 0 Å². The van der Waals surface area contributed by atoms with Crippen LogP contribution in [0.5, 0.6) is 5.75 Å². The van der Waals surface area contributed by atoms with E-state index in [1.807, 2.05) is 48.5 Å². The van der Waals surface area contributed by atoms with Crippen molar-refractivity contribution >= 4 is 28.2 Å². The number of fused-ring (bicyclic) bond motifs is 1. The van der Waals surface area contributed by atoms with Crippen molar-refractivity contribution in [1.29, 1.82) is 0 Å². The molecule has 3 aromatic rings. The monoisotopic (exact) mass is 311 g/mol. The first-order valence-electron chi connectivity index (χ1n) is 7.04. The van der Waals surface area contributed by atoms with E-state index in [1.165, 1.54) is 0 Å². The molecule has 3 rings (SSSR count). The van der Waals surface area contributed by atoms with E-state index < -0.39 is 0 Å². The Bertz CT molecular complexity index is 762. The zero-order valence-electron chi connectivity index (χ0n) is 12.2. The highest BCUT2D eigenvalue weighted by atomic mass is 32.1. The summed E-state index contributed by atoms with van der Waals surface area (Å²) in [6.07, 6.45) is 0.707. The molecule has 0 spiro atoms. The lowest BCUT2D eigenvalue weighted by molar-refractivity contribution is 0.414. The molecule has 112 valence electrons. The quantitative estimate of drug-likeness (QED) is 0.710. The number of nitrogens with two attached hydrogens (primary N) is 1. The van der Waals surface area contributed by atoms with Crippen molar-refractivity contribution in [2.24, 2.45) is 5.73 Å². The molecule has 5 heteroatoms. The SMILES string of the molecule is COc1ccc(C[C@@H](C(N)=S)c2nc3ccccc3[nH]2)cc1. The number of rotatable bonds is 5. The van der Waals surface area contributed by atoms with Gasteiger partial charge in [-0.25, -0.2) is 4.98 Å². The van der Waals surface area contributed by atoms with E-state index in [0.717, 1.165) is 28.2 Å². The lowest BCUT2D eigenvalue weighted by Crippen LogP contribution is -2.22. The first-order valence-corrected chi connectivity index (χ1v) is 7.45. The molecule has 0 radical (unpaired) electrons. The molecule has 0 saturated heterocycles. The number of thiocarbonyl (C=S) groups is 1. The first kappa shape index (κ1) is 14.5. The largest absolute Gasteiger partial charge is 0.497 e. The lowest BCUT2D eigenvalue weighted by Gasteiger charge is -2.13. The van der Waals surface area contributed by atoms with Crippen molar-refractivity contribution in [1.82, 2.24) is 9.97 Å². The van der Waals surface area contributed by atoms with Crippen LogP contribution in [0.1, 0.15) is 17.3 Å². The van der Waals surface area contributed by atoms with Crippen LogP contribution in [0.3, 0.4) is 0 Å². The first-order chi connectivity index (χ1) is 10.7. The third kappa shape index (κ3) is 2.94. The molecular weight excluding hydrogens is 294 g/mol. The average Bonchev–Trinajstić information content (AvgIpc) is 2.96. The van der Waals surface area contributed by atoms with Gasteiger partial charge in [0, 0.05) is 0 Å². The predicted octanol–water partition coefficient (Wildman–Crippen LogP) is 3.18. The summed E-state index contributed by atoms with van der Waals surface area (Å²) in [5, 5.41) is 0. The second-order valence-corrected chi connectivity index (χ2v) is 5.62. The number of benzene rings is 2. The maximum absolute atomic E-state index is 5.94. The van der Waals surface area contributed by atoms with Crippen LogP contribution in [0.2, 0.25) is 0 Å². The van der Waals surface area contributed by atoms with Gasteiger partial charge in [-0.3, -0.25) is 0 Å². The van der Waals surface area contributed by atoms with Crippen molar-refractivity contribution < 1.29 is 4.74 Å². The maximum Gasteiger partial charge on any atom is 0.118 e. The number of imidazole rings is 1. The number of hydrogen-bond donors (Lipinski definition) is 2. The summed E-state index contributed by atoms with van der Waals surface area (Å²) in [5.41, 5.74) is 9.00. The van der Waals surface area contributed by atoms with Crippen molar-refractivity contribution in [3.05, 3.63) is 59.9 Å². The van der Waals surface area contributed by atoms with Gasteiger partial charge in [0.05, 0.1) is 29.0 Å². The predicted molar refractivity (Wildman–Crippen MR) is 92.3 cm³/mol. The van der Waals surface area contributed by atoms with Gasteiger partial charge in [0.15, 0.2) is 0 Å². The molecule has 22 heavy (non-hydrogen) atoms. The highest BCUT2D eigenvalue weighted by Crippen LogP contribution is 2.23. The summed E-state index contributed by atoms with van der Waals surface area (Å²) < 4.78 is 5.18. The molecule has 0 aliphatic carbocycles. The summed E-state index contributed by atoms with van der Waals surface area (Å²) in [7, 11) is 1.65. The summed E-state index contributed by atoms with van der Waals surface area (Å²) in [4.78, 5) is 8.37. The highest BCUT2D eigenvalue weighted by Gasteiger charge is 2.19. The third-order valence-electron chi connectivity index (χ3n) is 3.68. The van der Waals surface area contributed by atoms with Crippen molar-refractivity contribution in [3.63, 3.8) is 0 Å². The van der Waals surface area contributed by atoms with Crippen LogP contribution in [0.15, 0.2) is 48.5 Å². The van der Waals surface area contributed by atoms with Crippen molar-refractivity contribution in [2.75, 3.05) is 7.11 Å². The average molecular weight is 311 g/mol. The van der Waals surface area contributed by atoms with Crippen molar-refractivity contribution in [3.8, 4) is 5.75 Å². The minimum absolute atomic E-state index is 0.115. The molecular formula is C17H17N3OS. The normalized spacial score (nSPS) is 12.2. The second-order valence-electron chi connectivity index (χ2n) is 5.15. The van der Waals surface area contributed by atoms with Gasteiger partial charge in [-0.15, -0.1) is 0 Å². The Morgan fingerprint density at radius 3 is 2.59 bits per heavy atom. The zero-order chi connectivity index (χ0) is 15.5. The number of aromatic nitrogens is 2. The third-order valence-corrected chi connectivity index (χ3v) is 3.96. The molecule has 0 saturated carbocycles. The van der Waals surface area contributed by atoms with Gasteiger partial charge in [-0.1, -0.05) is 36.5 Å². The topological polar surface area (TPSA) is 63.9 Å². The number of nitrogens with zero attached hydrogens (tertiary/aromatic N) is 1. The van der Waals surface area contributed by atoms with Gasteiger partial charge < -0.3 is 15.5 Å². The van der Waals surface area contributed by atoms with Gasteiger partial charge in [0.1, 0.15) is 11.6 Å². The molecule has 0 fully saturated rings. The van der Waals surface area contributed by atoms with Gasteiger partial charge in [-0.2, -0.15) is 0 Å². The summed E-state index contributed by atoms with van der Waals surface area (Å²) >= 11 is 5.24. The van der Waals surface area contributed by atoms with E-state index in [2.05, 4.69) is 9.97 Å². The fourth-order valence-corrected chi connectivity index (χ4v) is 2.66. The minimum Gasteiger partial charge on any atom is -0.497 e. The number of aromatic amines is 1. The molecule has 0 unspecified atom stereocenters. The number of H-pyrrole nitrogens is 1. The molecule has 3 N–H and O–H groups in total. The Kier molecular flexibility index (Phi) is 4.06. The molecule has 1 aromatic heterocycles. The molecule has 0 bridgehead atoms. The van der Waals surface area contributed by atoms with Crippen LogP contribution in [0, 0.1) is 0 Å². The second kappa shape index (κ2) is 6.15. The number of para-hydroxylation sites is 2. The van der Waals surface area contributed by atoms with Gasteiger partial charge in [-0.05, 0) is 36.2 Å². The molecule has 4 nitrogen and oxygen atoms in total. The number of methoxy groups -OCH3 is 1. The Balaban J connectivity index is 1.90. The molecule has 0 amide bonds. The molecule has 0 aliphatic rings. The Morgan fingerprint density at radius 2 is 1.95 bits per heavy atom. The number of hydrogen-bond acceptors (Lipinski definition) is 3. The lowest BCUT2D eigenvalue weighted by atomic mass is 9.98. The van der Waals surface area contributed by atoms with Crippen LogP contribution in [-0.2, 0) is 6.42 Å². The highest BCUT2D eigenvalue weighted by molar-refractivity contribution is 7.80. The van der Waals surface area contributed by atoms with Crippen molar-refractivity contribution in [2.45, 2.75) is 12.3 Å². The number of nitrogens with one attached hydrogen (secondary N) is 1. The van der Waals surface area contributed by atoms with E-state index in [4.69, 9.17) is 22.7 Å². The van der Waals surface area contributed by atoms with Crippen LogP contribution in [0.25, 0.3) is 11.0 Å². The standard InChI is InChI=1S/C17H17N3OS/c1-21-12-8-6-11(7-9-12)10-13(16(18)22)17-19-14-4-2-3-5-15(14)20-17/h2-9,13H,10H2,1H3,(H2,18,22)(H,19,20)/t13-/m0/s1. The zero-order valence-corrected chi connectivity index (χ0v) is 13.1. The Labute approximate surface area is 134 Å². The van der Waals surface area contributed by atoms with E-state index in [0.29, 0.717) is 11.4 Å².